The topological polar surface area (TPSA) is 178 Å². The van der Waals surface area contributed by atoms with Crippen LogP contribution in [0.15, 0.2) is 36.0 Å². The molecule has 2 saturated heterocycles. The first-order chi connectivity index (χ1) is 27.3. The number of aliphatic hydroxyl groups excluding tert-OH is 2. The number of nitrogens with zero attached hydrogens (tertiary/aromatic N) is 1. The Morgan fingerprint density at radius 1 is 0.966 bits per heavy atom. The van der Waals surface area contributed by atoms with Crippen molar-refractivity contribution < 1.29 is 58.2 Å². The summed E-state index contributed by atoms with van der Waals surface area (Å²) in [5, 5.41) is 34.3. The fourth-order valence-electron chi connectivity index (χ4n) is 9.73. The first kappa shape index (κ1) is 47.9. The molecule has 13 nitrogen and oxygen atoms in total. The lowest BCUT2D eigenvalue weighted by molar-refractivity contribution is -0.303. The van der Waals surface area contributed by atoms with E-state index in [1.165, 1.54) is 19.1 Å². The minimum atomic E-state index is -2.52. The Morgan fingerprint density at radius 2 is 1.64 bits per heavy atom. The van der Waals surface area contributed by atoms with E-state index in [0.717, 1.165) is 5.57 Å². The molecular formula is C45H71NO12. The number of carbonyl (C=O) groups is 4. The van der Waals surface area contributed by atoms with E-state index in [9.17, 15) is 34.5 Å². The van der Waals surface area contributed by atoms with Crippen LogP contribution in [0.2, 0.25) is 0 Å². The lowest BCUT2D eigenvalue weighted by Gasteiger charge is -2.47. The van der Waals surface area contributed by atoms with Gasteiger partial charge in [-0.15, -0.1) is 6.58 Å². The Labute approximate surface area is 345 Å². The Morgan fingerprint density at radius 3 is 2.28 bits per heavy atom. The van der Waals surface area contributed by atoms with Gasteiger partial charge in [-0.25, -0.2) is 4.79 Å². The first-order valence-electron chi connectivity index (χ1n) is 21.2. The van der Waals surface area contributed by atoms with Gasteiger partial charge in [-0.3, -0.25) is 14.4 Å². The SMILES string of the molecule is C=CC[C@@H]1/C=C(\C)CC(C)(C)C[C@H](OC)[C@H]2O[C@@](O)(C(=O)C(=O)N3CCCC[C@H]3C(=O)O[C@H](/C(C)=C/[C@@H]3CC[C@@H](O)[C@H](OC)C3)[C@H](C)[C@@H](O)CC1=O)[C@H](C)C[C@@H]2OC. The van der Waals surface area contributed by atoms with Crippen molar-refractivity contribution in [3.63, 3.8) is 0 Å². The number of carbonyl (C=O) groups excluding carboxylic acids is 4. The van der Waals surface area contributed by atoms with Crippen LogP contribution in [-0.2, 0) is 42.9 Å². The maximum Gasteiger partial charge on any atom is 0.329 e. The zero-order chi connectivity index (χ0) is 43.1. The molecule has 4 aliphatic rings. The minimum Gasteiger partial charge on any atom is -0.456 e. The predicted molar refractivity (Wildman–Crippen MR) is 217 cm³/mol. The molecule has 0 aromatic heterocycles. The second kappa shape index (κ2) is 20.7. The van der Waals surface area contributed by atoms with Gasteiger partial charge in [0.2, 0.25) is 5.79 Å². The van der Waals surface area contributed by atoms with Gasteiger partial charge in [-0.2, -0.15) is 0 Å². The molecule has 3 heterocycles. The predicted octanol–water partition coefficient (Wildman–Crippen LogP) is 5.03. The van der Waals surface area contributed by atoms with Crippen LogP contribution in [0.1, 0.15) is 112 Å². The molecule has 1 amide bonds. The monoisotopic (exact) mass is 817 g/mol. The van der Waals surface area contributed by atoms with Crippen LogP contribution in [0.4, 0.5) is 0 Å². The second-order valence-corrected chi connectivity index (χ2v) is 18.3. The van der Waals surface area contributed by atoms with Gasteiger partial charge < -0.3 is 43.9 Å². The third-order valence-corrected chi connectivity index (χ3v) is 13.1. The average molecular weight is 818 g/mol. The number of fused-ring (bicyclic) bond motifs is 3. The number of ether oxygens (including phenoxy) is 5. The maximum absolute atomic E-state index is 14.3. The number of Topliss-reactive ketones (excluding diaryl/α,β-unsaturated/α-hetero) is 2. The summed E-state index contributed by atoms with van der Waals surface area (Å²) in [5.74, 6) is -7.83. The van der Waals surface area contributed by atoms with Crippen molar-refractivity contribution in [2.45, 2.75) is 167 Å². The van der Waals surface area contributed by atoms with Crippen LogP contribution in [0.5, 0.6) is 0 Å². The number of allylic oxidation sites excluding steroid dienone is 4. The summed E-state index contributed by atoms with van der Waals surface area (Å²) in [4.78, 5) is 58.0. The number of hydrogen-bond acceptors (Lipinski definition) is 12. The number of cyclic esters (lactones) is 1. The van der Waals surface area contributed by atoms with E-state index in [2.05, 4.69) is 20.4 Å². The molecule has 3 aliphatic heterocycles. The van der Waals surface area contributed by atoms with Crippen molar-refractivity contribution in [1.82, 2.24) is 4.90 Å². The van der Waals surface area contributed by atoms with E-state index in [0.29, 0.717) is 56.9 Å². The van der Waals surface area contributed by atoms with Gasteiger partial charge in [0.15, 0.2) is 0 Å². The molecular weight excluding hydrogens is 746 g/mol. The second-order valence-electron chi connectivity index (χ2n) is 18.3. The number of aliphatic hydroxyl groups is 3. The molecule has 2 bridgehead atoms. The quantitative estimate of drug-likeness (QED) is 0.178. The molecule has 3 fully saturated rings. The lowest BCUT2D eigenvalue weighted by atomic mass is 9.76. The third kappa shape index (κ3) is 11.3. The highest BCUT2D eigenvalue weighted by Crippen LogP contribution is 2.41. The Balaban J connectivity index is 1.80. The number of amides is 1. The molecule has 328 valence electrons. The van der Waals surface area contributed by atoms with Gasteiger partial charge in [0.05, 0.1) is 30.5 Å². The van der Waals surface area contributed by atoms with Gasteiger partial charge in [-0.1, -0.05) is 51.5 Å². The zero-order valence-corrected chi connectivity index (χ0v) is 36.3. The van der Waals surface area contributed by atoms with Crippen LogP contribution >= 0.6 is 0 Å². The van der Waals surface area contributed by atoms with Crippen molar-refractivity contribution >= 4 is 23.4 Å². The number of ketones is 2. The van der Waals surface area contributed by atoms with Crippen LogP contribution in [-0.4, -0.2) is 126 Å². The molecule has 0 aromatic rings. The fraction of sp³-hybridized carbons (Fsp3) is 0.778. The Kier molecular flexibility index (Phi) is 17.1. The van der Waals surface area contributed by atoms with Crippen LogP contribution < -0.4 is 0 Å². The maximum atomic E-state index is 14.3. The van der Waals surface area contributed by atoms with Crippen molar-refractivity contribution in [2.75, 3.05) is 27.9 Å². The third-order valence-electron chi connectivity index (χ3n) is 13.1. The molecule has 0 spiro atoms. The highest BCUT2D eigenvalue weighted by Gasteiger charge is 2.57. The molecule has 1 saturated carbocycles. The summed E-state index contributed by atoms with van der Waals surface area (Å²) in [6.07, 6.45) is 4.75. The van der Waals surface area contributed by atoms with Gasteiger partial charge >= 0.3 is 5.97 Å². The first-order valence-corrected chi connectivity index (χ1v) is 21.2. The van der Waals surface area contributed by atoms with Gasteiger partial charge in [0, 0.05) is 52.0 Å². The number of esters is 1. The Bertz CT molecular complexity index is 1520. The van der Waals surface area contributed by atoms with Crippen molar-refractivity contribution in [3.8, 4) is 0 Å². The molecule has 13 atom stereocenters. The van der Waals surface area contributed by atoms with Gasteiger partial charge in [0.25, 0.3) is 11.7 Å². The summed E-state index contributed by atoms with van der Waals surface area (Å²) in [6, 6.07) is -1.15. The van der Waals surface area contributed by atoms with Gasteiger partial charge in [0.1, 0.15) is 24.0 Å². The molecule has 0 aromatic carbocycles. The smallest absolute Gasteiger partial charge is 0.329 e. The van der Waals surface area contributed by atoms with Crippen LogP contribution in [0.3, 0.4) is 0 Å². The van der Waals surface area contributed by atoms with E-state index in [-0.39, 0.29) is 43.6 Å². The molecule has 0 unspecified atom stereocenters. The number of rotatable bonds is 7. The van der Waals surface area contributed by atoms with Crippen molar-refractivity contribution in [3.05, 3.63) is 36.0 Å². The molecule has 13 heteroatoms. The number of methoxy groups -OCH3 is 3. The average Bonchev–Trinajstić information content (AvgIpc) is 3.18. The van der Waals surface area contributed by atoms with Gasteiger partial charge in [-0.05, 0) is 95.0 Å². The number of piperidine rings is 1. The fourth-order valence-corrected chi connectivity index (χ4v) is 9.73. The largest absolute Gasteiger partial charge is 0.456 e. The molecule has 4 rings (SSSR count). The zero-order valence-electron chi connectivity index (χ0n) is 36.3. The lowest BCUT2D eigenvalue weighted by Crippen LogP contribution is -2.64. The van der Waals surface area contributed by atoms with E-state index in [4.69, 9.17) is 23.7 Å². The summed E-state index contributed by atoms with van der Waals surface area (Å²) in [7, 11) is 4.62. The number of hydrogen-bond donors (Lipinski definition) is 3. The van der Waals surface area contributed by atoms with Crippen molar-refractivity contribution in [2.24, 2.45) is 29.1 Å². The van der Waals surface area contributed by atoms with E-state index in [1.54, 1.807) is 27.0 Å². The van der Waals surface area contributed by atoms with Crippen molar-refractivity contribution in [1.29, 1.82) is 0 Å². The molecule has 58 heavy (non-hydrogen) atoms. The highest BCUT2D eigenvalue weighted by atomic mass is 16.7. The van der Waals surface area contributed by atoms with Crippen LogP contribution in [0.25, 0.3) is 0 Å². The molecule has 1 aliphatic carbocycles. The Hall–Kier alpha value is -2.78. The van der Waals surface area contributed by atoms with E-state index < -0.39 is 89.3 Å². The summed E-state index contributed by atoms with van der Waals surface area (Å²) in [5.41, 5.74) is 1.17. The summed E-state index contributed by atoms with van der Waals surface area (Å²) >= 11 is 0. The van der Waals surface area contributed by atoms with E-state index in [1.807, 2.05) is 26.0 Å². The van der Waals surface area contributed by atoms with Crippen LogP contribution in [0, 0.1) is 29.1 Å². The summed E-state index contributed by atoms with van der Waals surface area (Å²) < 4.78 is 29.9. The minimum absolute atomic E-state index is 0.0136. The molecule has 3 N–H and O–H groups in total. The summed E-state index contributed by atoms with van der Waals surface area (Å²) in [6.45, 7) is 15.2. The highest BCUT2D eigenvalue weighted by molar-refractivity contribution is 6.39. The standard InChI is InChI=1S/C45H71NO12/c1-11-14-31-19-26(2)24-44(6,7)25-38(56-10)40-37(55-9)21-28(4)45(53,58-40)41(50)42(51)46-18-13-12-15-32(46)43(52)57-39(29(5)34(48)23-35(31)49)27(3)20-30-16-17-33(47)36(22-30)54-8/h11,19-20,28-34,36-40,47-48,53H,1,12-18,21-25H2,2-10H3/b26-19+,27-20+/t28-,29-,30+,31-,32+,33-,34+,36-,37+,38+,39-,40+,45-/m1/s1. The normalized spacial score (nSPS) is 40.1. The molecule has 0 radical (unpaired) electrons. The van der Waals surface area contributed by atoms with E-state index >= 15 is 0 Å².